The molecule has 19 heavy (non-hydrogen) atoms. The molecule has 0 radical (unpaired) electrons. The third-order valence-electron chi connectivity index (χ3n) is 4.48. The zero-order chi connectivity index (χ0) is 13.7. The Kier molecular flexibility index (Phi) is 5.85. The molecule has 1 N–H and O–H groups in total. The van der Waals surface area contributed by atoms with Crippen molar-refractivity contribution in [3.05, 3.63) is 0 Å². The average molecular weight is 284 g/mol. The molecule has 4 nitrogen and oxygen atoms in total. The Balaban J connectivity index is 1.78. The van der Waals surface area contributed by atoms with Crippen LogP contribution < -0.4 is 5.32 Å². The number of rotatable bonds is 3. The van der Waals surface area contributed by atoms with Crippen molar-refractivity contribution in [2.45, 2.75) is 31.7 Å². The van der Waals surface area contributed by atoms with Crippen molar-refractivity contribution >= 4 is 17.3 Å². The quantitative estimate of drug-likeness (QED) is 0.778. The van der Waals surface area contributed by atoms with Crippen LogP contribution in [0.25, 0.3) is 0 Å². The number of likely N-dealkylation sites (tertiary alicyclic amines) is 1. The zero-order valence-corrected chi connectivity index (χ0v) is 13.2. The van der Waals surface area contributed by atoms with Gasteiger partial charge in [0.25, 0.3) is 0 Å². The number of likely N-dealkylation sites (N-methyl/N-ethyl adjacent to an activating group) is 1. The largest absolute Gasteiger partial charge is 0.366 e. The zero-order valence-electron chi connectivity index (χ0n) is 12.4. The van der Waals surface area contributed by atoms with Gasteiger partial charge < -0.3 is 20.0 Å². The second kappa shape index (κ2) is 7.41. The van der Waals surface area contributed by atoms with Crippen LogP contribution in [0.15, 0.2) is 0 Å². The third kappa shape index (κ3) is 4.29. The number of nitrogens with one attached hydrogen (secondary N) is 1. The average Bonchev–Trinajstić information content (AvgIpc) is 2.46. The Bertz CT molecular complexity index is 289. The lowest BCUT2D eigenvalue weighted by atomic mass is 9.99. The van der Waals surface area contributed by atoms with Crippen molar-refractivity contribution < 1.29 is 0 Å². The van der Waals surface area contributed by atoms with Crippen LogP contribution in [-0.2, 0) is 0 Å². The van der Waals surface area contributed by atoms with Gasteiger partial charge in [-0.05, 0) is 44.9 Å². The normalized spacial score (nSPS) is 26.4. The van der Waals surface area contributed by atoms with Crippen LogP contribution in [0.4, 0.5) is 0 Å². The van der Waals surface area contributed by atoms with Gasteiger partial charge in [0.05, 0.1) is 0 Å². The number of nitrogens with zero attached hydrogens (tertiary/aromatic N) is 3. The topological polar surface area (TPSA) is 21.8 Å². The minimum atomic E-state index is 0.647. The molecule has 2 aliphatic heterocycles. The molecule has 1 unspecified atom stereocenters. The maximum atomic E-state index is 5.43. The van der Waals surface area contributed by atoms with Crippen LogP contribution in [0.3, 0.4) is 0 Å². The van der Waals surface area contributed by atoms with E-state index in [2.05, 4.69) is 27.1 Å². The van der Waals surface area contributed by atoms with Gasteiger partial charge >= 0.3 is 0 Å². The Morgan fingerprint density at radius 1 is 1.16 bits per heavy atom. The minimum absolute atomic E-state index is 0.647. The molecular weight excluding hydrogens is 256 g/mol. The van der Waals surface area contributed by atoms with Gasteiger partial charge in [-0.2, -0.15) is 0 Å². The number of thiocarbonyl (C=S) groups is 1. The number of piperazine rings is 1. The van der Waals surface area contributed by atoms with E-state index in [1.807, 2.05) is 7.05 Å². The summed E-state index contributed by atoms with van der Waals surface area (Å²) in [6.07, 6.45) is 5.20. The van der Waals surface area contributed by atoms with E-state index >= 15 is 0 Å². The van der Waals surface area contributed by atoms with Gasteiger partial charge in [-0.15, -0.1) is 0 Å². The Morgan fingerprint density at radius 2 is 1.89 bits per heavy atom. The molecule has 0 aliphatic carbocycles. The number of hydrogen-bond acceptors (Lipinski definition) is 3. The predicted molar refractivity (Wildman–Crippen MR) is 84.6 cm³/mol. The molecule has 0 spiro atoms. The summed E-state index contributed by atoms with van der Waals surface area (Å²) >= 11 is 5.43. The van der Waals surface area contributed by atoms with Gasteiger partial charge in [0.2, 0.25) is 0 Å². The van der Waals surface area contributed by atoms with Gasteiger partial charge in [0.1, 0.15) is 0 Å². The lowest BCUT2D eigenvalue weighted by Gasteiger charge is -2.39. The van der Waals surface area contributed by atoms with Crippen LogP contribution in [0, 0.1) is 0 Å². The summed E-state index contributed by atoms with van der Waals surface area (Å²) in [5.74, 6) is 0. The highest BCUT2D eigenvalue weighted by molar-refractivity contribution is 7.80. The van der Waals surface area contributed by atoms with E-state index < -0.39 is 0 Å². The van der Waals surface area contributed by atoms with E-state index in [9.17, 15) is 0 Å². The fourth-order valence-corrected chi connectivity index (χ4v) is 3.36. The second-order valence-electron chi connectivity index (χ2n) is 5.83. The Hall–Kier alpha value is -0.390. The maximum absolute atomic E-state index is 5.43. The van der Waals surface area contributed by atoms with Crippen LogP contribution >= 0.6 is 12.2 Å². The molecule has 0 aromatic rings. The fourth-order valence-electron chi connectivity index (χ4n) is 3.11. The first-order chi connectivity index (χ1) is 9.20. The molecule has 5 heteroatoms. The highest BCUT2D eigenvalue weighted by Crippen LogP contribution is 2.20. The second-order valence-corrected chi connectivity index (χ2v) is 6.22. The molecule has 0 aromatic carbocycles. The lowest BCUT2D eigenvalue weighted by molar-refractivity contribution is 0.134. The third-order valence-corrected chi connectivity index (χ3v) is 4.91. The molecule has 0 saturated carbocycles. The summed E-state index contributed by atoms with van der Waals surface area (Å²) in [5.41, 5.74) is 0. The van der Waals surface area contributed by atoms with Crippen LogP contribution in [0.5, 0.6) is 0 Å². The molecule has 2 fully saturated rings. The van der Waals surface area contributed by atoms with Crippen LogP contribution in [0.2, 0.25) is 0 Å². The van der Waals surface area contributed by atoms with E-state index in [4.69, 9.17) is 12.2 Å². The van der Waals surface area contributed by atoms with E-state index in [0.29, 0.717) is 6.04 Å². The van der Waals surface area contributed by atoms with Gasteiger partial charge in [0, 0.05) is 52.4 Å². The summed E-state index contributed by atoms with van der Waals surface area (Å²) in [6.45, 7) is 7.22. The van der Waals surface area contributed by atoms with Crippen LogP contribution in [0.1, 0.15) is 25.7 Å². The first-order valence-electron chi connectivity index (χ1n) is 7.60. The minimum Gasteiger partial charge on any atom is -0.366 e. The molecular formula is C14H28N4S. The number of piperidine rings is 1. The molecule has 2 aliphatic rings. The molecule has 110 valence electrons. The van der Waals surface area contributed by atoms with Gasteiger partial charge in [-0.1, -0.05) is 0 Å². The SMILES string of the molecule is CNC(=S)N1CCCCC1CCN1CCN(C)CC1. The highest BCUT2D eigenvalue weighted by atomic mass is 32.1. The van der Waals surface area contributed by atoms with Crippen molar-refractivity contribution in [2.24, 2.45) is 0 Å². The lowest BCUT2D eigenvalue weighted by Crippen LogP contribution is -2.50. The van der Waals surface area contributed by atoms with Crippen molar-refractivity contribution in [2.75, 3.05) is 53.4 Å². The summed E-state index contributed by atoms with van der Waals surface area (Å²) in [5, 5.41) is 4.08. The standard InChI is InChI=1S/C14H28N4S/c1-15-14(19)18-7-4-3-5-13(18)6-8-17-11-9-16(2)10-12-17/h13H,3-12H2,1-2H3,(H,15,19). The van der Waals surface area contributed by atoms with Gasteiger partial charge in [-0.3, -0.25) is 0 Å². The fraction of sp³-hybridized carbons (Fsp3) is 0.929. The molecule has 0 amide bonds. The monoisotopic (exact) mass is 284 g/mol. The highest BCUT2D eigenvalue weighted by Gasteiger charge is 2.24. The van der Waals surface area contributed by atoms with E-state index in [1.54, 1.807) is 0 Å². The van der Waals surface area contributed by atoms with Gasteiger partial charge in [0.15, 0.2) is 5.11 Å². The Labute approximate surface area is 123 Å². The first-order valence-corrected chi connectivity index (χ1v) is 8.01. The molecule has 2 rings (SSSR count). The molecule has 1 atom stereocenters. The summed E-state index contributed by atoms with van der Waals surface area (Å²) < 4.78 is 0. The van der Waals surface area contributed by atoms with E-state index in [1.165, 1.54) is 58.4 Å². The summed E-state index contributed by atoms with van der Waals surface area (Å²) in [4.78, 5) is 7.43. The first kappa shape index (κ1) is 15.0. The smallest absolute Gasteiger partial charge is 0.168 e. The van der Waals surface area contributed by atoms with E-state index in [0.717, 1.165) is 11.7 Å². The van der Waals surface area contributed by atoms with Crippen molar-refractivity contribution in [1.29, 1.82) is 0 Å². The molecule has 2 heterocycles. The predicted octanol–water partition coefficient (Wildman–Crippen LogP) is 0.983. The summed E-state index contributed by atoms with van der Waals surface area (Å²) in [6, 6.07) is 0.647. The molecule has 0 bridgehead atoms. The Morgan fingerprint density at radius 3 is 2.58 bits per heavy atom. The molecule has 2 saturated heterocycles. The maximum Gasteiger partial charge on any atom is 0.168 e. The van der Waals surface area contributed by atoms with E-state index in [-0.39, 0.29) is 0 Å². The van der Waals surface area contributed by atoms with Crippen molar-refractivity contribution in [1.82, 2.24) is 20.0 Å². The van der Waals surface area contributed by atoms with Crippen molar-refractivity contribution in [3.63, 3.8) is 0 Å². The number of hydrogen-bond donors (Lipinski definition) is 1. The molecule has 0 aromatic heterocycles. The van der Waals surface area contributed by atoms with Crippen molar-refractivity contribution in [3.8, 4) is 0 Å². The van der Waals surface area contributed by atoms with Gasteiger partial charge in [-0.25, -0.2) is 0 Å². The van der Waals surface area contributed by atoms with Crippen LogP contribution in [-0.4, -0.2) is 79.2 Å². The summed E-state index contributed by atoms with van der Waals surface area (Å²) in [7, 11) is 4.15.